The molecule has 1 aromatic rings. The van der Waals surface area contributed by atoms with Gasteiger partial charge in [0.15, 0.2) is 5.78 Å². The number of fused-ring (bicyclic) bond motifs is 5. The van der Waals surface area contributed by atoms with Crippen molar-refractivity contribution in [2.75, 3.05) is 0 Å². The largest absolute Gasteiger partial charge is 0.393 e. The number of nitrogens with zero attached hydrogens (tertiary/aromatic N) is 2. The normalized spacial score (nSPS) is 44.1. The Morgan fingerprint density at radius 2 is 1.96 bits per heavy atom. The standard InChI is InChI=1S/C24H32N2O2/c1-23-8-6-18(27)12-17(23)4-5-19-20(23)7-9-24(2)21(19)11-16(22(24)28)10-15-13-25-26(3)14-15/h4,10,13-14,18-21,27H,5-9,11-12H2,1-3H3/b16-10+/t18-,19-,20+,21+,23+,24+/m1/s1. The molecule has 28 heavy (non-hydrogen) atoms. The Balaban J connectivity index is 1.48. The summed E-state index contributed by atoms with van der Waals surface area (Å²) >= 11 is 0. The molecule has 0 amide bonds. The van der Waals surface area contributed by atoms with Crippen LogP contribution in [0.25, 0.3) is 6.08 Å². The molecule has 4 nitrogen and oxygen atoms in total. The molecule has 6 atom stereocenters. The summed E-state index contributed by atoms with van der Waals surface area (Å²) in [5.41, 5.74) is 3.54. The van der Waals surface area contributed by atoms with Gasteiger partial charge in [0.2, 0.25) is 0 Å². The van der Waals surface area contributed by atoms with Crippen LogP contribution < -0.4 is 0 Å². The second kappa shape index (κ2) is 6.16. The minimum atomic E-state index is -0.203. The fourth-order valence-electron chi connectivity index (χ4n) is 7.16. The Morgan fingerprint density at radius 3 is 2.71 bits per heavy atom. The average Bonchev–Trinajstić information content (AvgIpc) is 3.18. The van der Waals surface area contributed by atoms with E-state index in [-0.39, 0.29) is 16.9 Å². The quantitative estimate of drug-likeness (QED) is 0.583. The van der Waals surface area contributed by atoms with Gasteiger partial charge >= 0.3 is 0 Å². The SMILES string of the molecule is Cn1cc(/C=C2\C[C@H]3[C@@H]4CC=C5C[C@H](O)CC[C@]5(C)[C@H]4CC[C@]3(C)C2=O)cn1. The number of carbonyl (C=O) groups is 1. The van der Waals surface area contributed by atoms with Crippen LogP contribution in [-0.2, 0) is 11.8 Å². The molecule has 4 heteroatoms. The first-order valence-corrected chi connectivity index (χ1v) is 10.9. The number of ketones is 1. The zero-order chi connectivity index (χ0) is 19.7. The van der Waals surface area contributed by atoms with Gasteiger partial charge in [-0.1, -0.05) is 25.5 Å². The van der Waals surface area contributed by atoms with Crippen LogP contribution in [-0.4, -0.2) is 26.8 Å². The number of aliphatic hydroxyl groups is 1. The lowest BCUT2D eigenvalue weighted by molar-refractivity contribution is -0.130. The molecule has 0 unspecified atom stereocenters. The highest BCUT2D eigenvalue weighted by Crippen LogP contribution is 2.64. The Kier molecular flexibility index (Phi) is 4.04. The molecule has 0 aliphatic heterocycles. The van der Waals surface area contributed by atoms with E-state index >= 15 is 0 Å². The molecule has 3 saturated carbocycles. The molecule has 0 aromatic carbocycles. The zero-order valence-corrected chi connectivity index (χ0v) is 17.3. The van der Waals surface area contributed by atoms with Crippen LogP contribution in [0.2, 0.25) is 0 Å². The molecule has 150 valence electrons. The van der Waals surface area contributed by atoms with E-state index in [1.165, 1.54) is 5.57 Å². The van der Waals surface area contributed by atoms with Crippen LogP contribution in [0.4, 0.5) is 0 Å². The first-order chi connectivity index (χ1) is 13.3. The van der Waals surface area contributed by atoms with E-state index in [1.54, 1.807) is 4.68 Å². The monoisotopic (exact) mass is 380 g/mol. The van der Waals surface area contributed by atoms with Crippen molar-refractivity contribution >= 4 is 11.9 Å². The number of hydrogen-bond donors (Lipinski definition) is 1. The van der Waals surface area contributed by atoms with Crippen molar-refractivity contribution in [1.82, 2.24) is 9.78 Å². The van der Waals surface area contributed by atoms with Crippen molar-refractivity contribution in [3.63, 3.8) is 0 Å². The van der Waals surface area contributed by atoms with Crippen LogP contribution in [0.15, 0.2) is 29.6 Å². The summed E-state index contributed by atoms with van der Waals surface area (Å²) < 4.78 is 1.79. The third kappa shape index (κ3) is 2.53. The van der Waals surface area contributed by atoms with Gasteiger partial charge in [-0.3, -0.25) is 9.48 Å². The summed E-state index contributed by atoms with van der Waals surface area (Å²) in [4.78, 5) is 13.4. The Bertz CT molecular complexity index is 881. The number of aromatic nitrogens is 2. The molecule has 4 aliphatic rings. The van der Waals surface area contributed by atoms with Gasteiger partial charge in [0.1, 0.15) is 0 Å². The number of Topliss-reactive ketones (excluding diaryl/α,β-unsaturated/α-hetero) is 1. The number of aliphatic hydroxyl groups excluding tert-OH is 1. The maximum atomic E-state index is 13.4. The molecule has 3 fully saturated rings. The smallest absolute Gasteiger partial charge is 0.165 e. The van der Waals surface area contributed by atoms with Crippen molar-refractivity contribution in [3.05, 3.63) is 35.2 Å². The van der Waals surface area contributed by atoms with Gasteiger partial charge in [-0.25, -0.2) is 0 Å². The van der Waals surface area contributed by atoms with E-state index in [9.17, 15) is 9.90 Å². The fourth-order valence-corrected chi connectivity index (χ4v) is 7.16. The predicted octanol–water partition coefficient (Wildman–Crippen LogP) is 4.31. The Morgan fingerprint density at radius 1 is 1.18 bits per heavy atom. The topological polar surface area (TPSA) is 55.1 Å². The summed E-state index contributed by atoms with van der Waals surface area (Å²) in [7, 11) is 1.91. The van der Waals surface area contributed by atoms with E-state index < -0.39 is 0 Å². The second-order valence-corrected chi connectivity index (χ2v) is 10.3. The summed E-state index contributed by atoms with van der Waals surface area (Å²) in [6, 6.07) is 0. The number of carbonyl (C=O) groups excluding carboxylic acids is 1. The summed E-state index contributed by atoms with van der Waals surface area (Å²) in [5.74, 6) is 2.07. The molecule has 4 aliphatic carbocycles. The molecule has 1 aromatic heterocycles. The molecule has 0 saturated heterocycles. The van der Waals surface area contributed by atoms with Gasteiger partial charge in [0.05, 0.1) is 12.3 Å². The first-order valence-electron chi connectivity index (χ1n) is 10.9. The maximum absolute atomic E-state index is 13.4. The van der Waals surface area contributed by atoms with Gasteiger partial charge < -0.3 is 5.11 Å². The highest BCUT2D eigenvalue weighted by Gasteiger charge is 2.59. The zero-order valence-electron chi connectivity index (χ0n) is 17.3. The van der Waals surface area contributed by atoms with Gasteiger partial charge in [-0.2, -0.15) is 5.10 Å². The van der Waals surface area contributed by atoms with Crippen LogP contribution in [0.3, 0.4) is 0 Å². The van der Waals surface area contributed by atoms with Gasteiger partial charge in [-0.05, 0) is 79.8 Å². The lowest BCUT2D eigenvalue weighted by atomic mass is 9.48. The summed E-state index contributed by atoms with van der Waals surface area (Å²) in [5, 5.41) is 14.4. The third-order valence-electron chi connectivity index (χ3n) is 8.78. The highest BCUT2D eigenvalue weighted by atomic mass is 16.3. The number of aryl methyl sites for hydroxylation is 1. The van der Waals surface area contributed by atoms with Gasteiger partial charge in [0, 0.05) is 24.2 Å². The molecular weight excluding hydrogens is 348 g/mol. The molecular formula is C24H32N2O2. The van der Waals surface area contributed by atoms with Crippen molar-refractivity contribution in [2.24, 2.45) is 35.6 Å². The highest BCUT2D eigenvalue weighted by molar-refractivity contribution is 6.05. The van der Waals surface area contributed by atoms with Crippen LogP contribution in [0.5, 0.6) is 0 Å². The van der Waals surface area contributed by atoms with Crippen LogP contribution in [0.1, 0.15) is 64.4 Å². The average molecular weight is 381 g/mol. The lowest BCUT2D eigenvalue weighted by Crippen LogP contribution is -2.50. The number of rotatable bonds is 1. The van der Waals surface area contributed by atoms with E-state index in [2.05, 4.69) is 31.1 Å². The fraction of sp³-hybridized carbons (Fsp3) is 0.667. The van der Waals surface area contributed by atoms with Crippen molar-refractivity contribution in [3.8, 4) is 0 Å². The van der Waals surface area contributed by atoms with Crippen molar-refractivity contribution in [2.45, 2.75) is 64.9 Å². The lowest BCUT2D eigenvalue weighted by Gasteiger charge is -2.56. The summed E-state index contributed by atoms with van der Waals surface area (Å²) in [6.45, 7) is 4.67. The molecule has 1 N–H and O–H groups in total. The van der Waals surface area contributed by atoms with E-state index in [4.69, 9.17) is 0 Å². The van der Waals surface area contributed by atoms with Gasteiger partial charge in [-0.15, -0.1) is 0 Å². The third-order valence-corrected chi connectivity index (χ3v) is 8.78. The van der Waals surface area contributed by atoms with Crippen LogP contribution in [0, 0.1) is 28.6 Å². The maximum Gasteiger partial charge on any atom is 0.165 e. The number of hydrogen-bond acceptors (Lipinski definition) is 3. The predicted molar refractivity (Wildman–Crippen MR) is 109 cm³/mol. The molecule has 0 radical (unpaired) electrons. The Hall–Kier alpha value is -1.68. The summed E-state index contributed by atoms with van der Waals surface area (Å²) in [6.07, 6.45) is 15.2. The van der Waals surface area contributed by atoms with E-state index in [0.717, 1.165) is 56.1 Å². The number of allylic oxidation sites excluding steroid dienone is 2. The first kappa shape index (κ1) is 18.4. The van der Waals surface area contributed by atoms with Crippen LogP contribution >= 0.6 is 0 Å². The molecule has 1 heterocycles. The Labute approximate surface area is 167 Å². The van der Waals surface area contributed by atoms with E-state index in [1.807, 2.05) is 19.4 Å². The minimum Gasteiger partial charge on any atom is -0.393 e. The van der Waals surface area contributed by atoms with Crippen molar-refractivity contribution in [1.29, 1.82) is 0 Å². The second-order valence-electron chi connectivity index (χ2n) is 10.3. The van der Waals surface area contributed by atoms with Gasteiger partial charge in [0.25, 0.3) is 0 Å². The molecule has 0 bridgehead atoms. The minimum absolute atomic E-state index is 0.160. The molecule has 0 spiro atoms. The van der Waals surface area contributed by atoms with E-state index in [0.29, 0.717) is 23.5 Å². The molecule has 5 rings (SSSR count). The van der Waals surface area contributed by atoms with Crippen molar-refractivity contribution < 1.29 is 9.90 Å².